The van der Waals surface area contributed by atoms with Gasteiger partial charge in [-0.05, 0) is 30.2 Å². The standard InChI is InChI=1S/C20H24N2O4S/c1-2-15-26-19-11-7-6-10-18(19)22-20(23)12-14-21-27(24,25)16-13-17-8-4-3-5-9-17/h3-11,13,16,21H,2,12,14-15H2,1H3,(H,22,23)/b16-13+. The number of ether oxygens (including phenoxy) is 1. The molecule has 2 N–H and O–H groups in total. The lowest BCUT2D eigenvalue weighted by Crippen LogP contribution is -2.26. The second kappa shape index (κ2) is 10.5. The summed E-state index contributed by atoms with van der Waals surface area (Å²) >= 11 is 0. The number of carbonyl (C=O) groups excluding carboxylic acids is 1. The summed E-state index contributed by atoms with van der Waals surface area (Å²) < 4.78 is 31.9. The molecule has 27 heavy (non-hydrogen) atoms. The van der Waals surface area contributed by atoms with Crippen molar-refractivity contribution in [2.24, 2.45) is 0 Å². The highest BCUT2D eigenvalue weighted by molar-refractivity contribution is 7.92. The first kappa shape index (κ1) is 20.7. The van der Waals surface area contributed by atoms with Crippen LogP contribution in [0.25, 0.3) is 6.08 Å². The number of anilines is 1. The van der Waals surface area contributed by atoms with Gasteiger partial charge in [0.15, 0.2) is 0 Å². The summed E-state index contributed by atoms with van der Waals surface area (Å²) in [5.41, 5.74) is 1.35. The van der Waals surface area contributed by atoms with Crippen LogP contribution < -0.4 is 14.8 Å². The monoisotopic (exact) mass is 388 g/mol. The maximum Gasteiger partial charge on any atom is 0.233 e. The van der Waals surface area contributed by atoms with Crippen molar-refractivity contribution in [3.63, 3.8) is 0 Å². The molecule has 0 radical (unpaired) electrons. The van der Waals surface area contributed by atoms with Crippen molar-refractivity contribution >= 4 is 27.7 Å². The van der Waals surface area contributed by atoms with Crippen molar-refractivity contribution in [3.8, 4) is 5.75 Å². The highest BCUT2D eigenvalue weighted by Gasteiger charge is 2.10. The fraction of sp³-hybridized carbons (Fsp3) is 0.250. The zero-order valence-electron chi connectivity index (χ0n) is 15.2. The average Bonchev–Trinajstić information content (AvgIpc) is 2.66. The molecule has 0 spiro atoms. The summed E-state index contributed by atoms with van der Waals surface area (Å²) in [6, 6.07) is 16.3. The van der Waals surface area contributed by atoms with E-state index in [1.165, 1.54) is 6.08 Å². The molecule has 0 fully saturated rings. The molecule has 1 amide bonds. The van der Waals surface area contributed by atoms with E-state index in [-0.39, 0.29) is 18.9 Å². The van der Waals surface area contributed by atoms with Gasteiger partial charge >= 0.3 is 0 Å². The summed E-state index contributed by atoms with van der Waals surface area (Å²) in [6.45, 7) is 2.56. The Hall–Kier alpha value is -2.64. The van der Waals surface area contributed by atoms with Crippen LogP contribution >= 0.6 is 0 Å². The van der Waals surface area contributed by atoms with Crippen molar-refractivity contribution in [2.75, 3.05) is 18.5 Å². The zero-order chi connectivity index (χ0) is 19.5. The van der Waals surface area contributed by atoms with Gasteiger partial charge in [-0.25, -0.2) is 13.1 Å². The molecule has 0 aliphatic heterocycles. The molecule has 0 unspecified atom stereocenters. The number of hydrogen-bond donors (Lipinski definition) is 2. The maximum absolute atomic E-state index is 12.1. The third-order valence-electron chi connectivity index (χ3n) is 3.52. The third kappa shape index (κ3) is 7.64. The van der Waals surface area contributed by atoms with E-state index in [1.807, 2.05) is 31.2 Å². The summed E-state index contributed by atoms with van der Waals surface area (Å²) in [4.78, 5) is 12.1. The summed E-state index contributed by atoms with van der Waals surface area (Å²) in [7, 11) is -3.60. The predicted octanol–water partition coefficient (Wildman–Crippen LogP) is 3.39. The summed E-state index contributed by atoms with van der Waals surface area (Å²) in [5, 5.41) is 3.84. The Morgan fingerprint density at radius 1 is 1.07 bits per heavy atom. The number of para-hydroxylation sites is 2. The van der Waals surface area contributed by atoms with E-state index in [1.54, 1.807) is 30.3 Å². The van der Waals surface area contributed by atoms with Crippen LogP contribution in [-0.2, 0) is 14.8 Å². The molecule has 0 bridgehead atoms. The summed E-state index contributed by atoms with van der Waals surface area (Å²) in [5.74, 6) is 0.302. The maximum atomic E-state index is 12.1. The van der Waals surface area contributed by atoms with Crippen LogP contribution in [0.3, 0.4) is 0 Å². The van der Waals surface area contributed by atoms with Gasteiger partial charge in [-0.1, -0.05) is 49.4 Å². The topological polar surface area (TPSA) is 84.5 Å². The SMILES string of the molecule is CCCOc1ccccc1NC(=O)CCNS(=O)(=O)/C=C/c1ccccc1. The molecule has 144 valence electrons. The average molecular weight is 388 g/mol. The molecular weight excluding hydrogens is 364 g/mol. The lowest BCUT2D eigenvalue weighted by atomic mass is 10.2. The second-order valence-corrected chi connectivity index (χ2v) is 7.45. The number of benzene rings is 2. The molecule has 6 nitrogen and oxygen atoms in total. The van der Waals surface area contributed by atoms with E-state index >= 15 is 0 Å². The van der Waals surface area contributed by atoms with E-state index in [4.69, 9.17) is 4.74 Å². The largest absolute Gasteiger partial charge is 0.491 e. The van der Waals surface area contributed by atoms with Crippen LogP contribution in [-0.4, -0.2) is 27.5 Å². The van der Waals surface area contributed by atoms with E-state index < -0.39 is 10.0 Å². The fourth-order valence-corrected chi connectivity index (χ4v) is 3.03. The molecule has 2 aromatic carbocycles. The molecule has 0 atom stereocenters. The number of sulfonamides is 1. The molecule has 0 saturated carbocycles. The summed E-state index contributed by atoms with van der Waals surface area (Å²) in [6.07, 6.45) is 2.38. The van der Waals surface area contributed by atoms with Gasteiger partial charge in [0.05, 0.1) is 12.3 Å². The molecule has 7 heteroatoms. The Balaban J connectivity index is 1.83. The zero-order valence-corrected chi connectivity index (χ0v) is 16.0. The van der Waals surface area contributed by atoms with Crippen LogP contribution in [0.1, 0.15) is 25.3 Å². The minimum Gasteiger partial charge on any atom is -0.491 e. The predicted molar refractivity (Wildman–Crippen MR) is 108 cm³/mol. The van der Waals surface area contributed by atoms with Gasteiger partial charge in [-0.3, -0.25) is 4.79 Å². The van der Waals surface area contributed by atoms with E-state index in [0.29, 0.717) is 18.0 Å². The van der Waals surface area contributed by atoms with Gasteiger partial charge in [-0.15, -0.1) is 0 Å². The first-order chi connectivity index (χ1) is 13.0. The van der Waals surface area contributed by atoms with Crippen LogP contribution in [0, 0.1) is 0 Å². The smallest absolute Gasteiger partial charge is 0.233 e. The lowest BCUT2D eigenvalue weighted by Gasteiger charge is -2.12. The van der Waals surface area contributed by atoms with E-state index in [0.717, 1.165) is 17.4 Å². The van der Waals surface area contributed by atoms with Crippen molar-refractivity contribution in [1.82, 2.24) is 4.72 Å². The van der Waals surface area contributed by atoms with Crippen LogP contribution in [0.4, 0.5) is 5.69 Å². The normalized spacial score (nSPS) is 11.4. The van der Waals surface area contributed by atoms with Gasteiger partial charge in [0.1, 0.15) is 5.75 Å². The Kier molecular flexibility index (Phi) is 8.03. The van der Waals surface area contributed by atoms with Gasteiger partial charge < -0.3 is 10.1 Å². The van der Waals surface area contributed by atoms with Gasteiger partial charge in [0, 0.05) is 18.4 Å². The Labute approximate surface area is 160 Å². The molecule has 2 rings (SSSR count). The van der Waals surface area contributed by atoms with Crippen LogP contribution in [0.15, 0.2) is 60.0 Å². The third-order valence-corrected chi connectivity index (χ3v) is 4.62. The first-order valence-electron chi connectivity index (χ1n) is 8.74. The highest BCUT2D eigenvalue weighted by Crippen LogP contribution is 2.23. The molecule has 0 saturated heterocycles. The van der Waals surface area contributed by atoms with Gasteiger partial charge in [0.2, 0.25) is 15.9 Å². The number of carbonyl (C=O) groups is 1. The van der Waals surface area contributed by atoms with Crippen molar-refractivity contribution in [1.29, 1.82) is 0 Å². The van der Waals surface area contributed by atoms with E-state index in [2.05, 4.69) is 10.0 Å². The van der Waals surface area contributed by atoms with Crippen molar-refractivity contribution < 1.29 is 17.9 Å². The van der Waals surface area contributed by atoms with E-state index in [9.17, 15) is 13.2 Å². The molecule has 0 aromatic heterocycles. The highest BCUT2D eigenvalue weighted by atomic mass is 32.2. The van der Waals surface area contributed by atoms with Gasteiger partial charge in [-0.2, -0.15) is 0 Å². The number of hydrogen-bond acceptors (Lipinski definition) is 4. The minimum absolute atomic E-state index is 0.00524. The molecule has 0 aliphatic carbocycles. The van der Waals surface area contributed by atoms with Crippen LogP contribution in [0.5, 0.6) is 5.75 Å². The quantitative estimate of drug-likeness (QED) is 0.653. The Morgan fingerprint density at radius 2 is 1.78 bits per heavy atom. The Bertz CT molecular complexity index is 865. The second-order valence-electron chi connectivity index (χ2n) is 5.80. The fourth-order valence-electron chi connectivity index (χ4n) is 2.21. The van der Waals surface area contributed by atoms with Crippen molar-refractivity contribution in [3.05, 3.63) is 65.6 Å². The molecule has 0 heterocycles. The molecular formula is C20H24N2O4S. The van der Waals surface area contributed by atoms with Crippen molar-refractivity contribution in [2.45, 2.75) is 19.8 Å². The lowest BCUT2D eigenvalue weighted by molar-refractivity contribution is -0.116. The molecule has 0 aliphatic rings. The first-order valence-corrected chi connectivity index (χ1v) is 10.3. The number of nitrogens with one attached hydrogen (secondary N) is 2. The number of rotatable bonds is 10. The number of amides is 1. The van der Waals surface area contributed by atoms with Crippen LogP contribution in [0.2, 0.25) is 0 Å². The Morgan fingerprint density at radius 3 is 2.52 bits per heavy atom. The minimum atomic E-state index is -3.60. The molecule has 2 aromatic rings. The van der Waals surface area contributed by atoms with Gasteiger partial charge in [0.25, 0.3) is 0 Å².